The second-order valence-corrected chi connectivity index (χ2v) is 5.14. The lowest BCUT2D eigenvalue weighted by molar-refractivity contribution is 0.0953. The van der Waals surface area contributed by atoms with Gasteiger partial charge in [0, 0.05) is 5.56 Å². The summed E-state index contributed by atoms with van der Waals surface area (Å²) in [5, 5.41) is 10.6. The van der Waals surface area contributed by atoms with Crippen molar-refractivity contribution in [3.63, 3.8) is 0 Å². The van der Waals surface area contributed by atoms with E-state index in [2.05, 4.69) is 20.8 Å². The van der Waals surface area contributed by atoms with Crippen molar-refractivity contribution in [3.05, 3.63) is 29.8 Å². The van der Waals surface area contributed by atoms with Gasteiger partial charge in [0.2, 0.25) is 0 Å². The molecule has 0 radical (unpaired) electrons. The Kier molecular flexibility index (Phi) is 7.57. The molecule has 2 atom stereocenters. The fourth-order valence-corrected chi connectivity index (χ4v) is 2.37. The van der Waals surface area contributed by atoms with Gasteiger partial charge in [-0.05, 0) is 24.8 Å². The minimum atomic E-state index is -0.412. The topological polar surface area (TPSA) is 29.5 Å². The number of para-hydroxylation sites is 1. The summed E-state index contributed by atoms with van der Waals surface area (Å²) in [4.78, 5) is 0. The van der Waals surface area contributed by atoms with Crippen LogP contribution in [0.4, 0.5) is 0 Å². The Hall–Kier alpha value is -1.02. The number of unbranched alkanes of at least 4 members (excludes halogenated alkanes) is 1. The normalized spacial score (nSPS) is 14.1. The number of ether oxygens (including phenoxy) is 1. The summed E-state index contributed by atoms with van der Waals surface area (Å²) in [5.41, 5.74) is 0.943. The van der Waals surface area contributed by atoms with Crippen LogP contribution in [-0.2, 0) is 0 Å². The number of benzene rings is 1. The van der Waals surface area contributed by atoms with E-state index >= 15 is 0 Å². The third kappa shape index (κ3) is 4.87. The summed E-state index contributed by atoms with van der Waals surface area (Å²) in [5.74, 6) is 1.16. The first-order valence-electron chi connectivity index (χ1n) is 7.64. The Balaban J connectivity index is 2.80. The highest BCUT2D eigenvalue weighted by Gasteiger charge is 2.21. The van der Waals surface area contributed by atoms with Crippen LogP contribution in [0.1, 0.15) is 64.5 Å². The third-order valence-electron chi connectivity index (χ3n) is 3.60. The van der Waals surface area contributed by atoms with Gasteiger partial charge >= 0.3 is 0 Å². The van der Waals surface area contributed by atoms with E-state index in [1.807, 2.05) is 24.3 Å². The van der Waals surface area contributed by atoms with E-state index in [9.17, 15) is 5.11 Å². The van der Waals surface area contributed by atoms with Crippen molar-refractivity contribution >= 4 is 0 Å². The van der Waals surface area contributed by atoms with Crippen molar-refractivity contribution in [1.82, 2.24) is 0 Å². The van der Waals surface area contributed by atoms with Crippen LogP contribution in [0.25, 0.3) is 0 Å². The Bertz CT molecular complexity index is 349. The minimum Gasteiger partial charge on any atom is -0.493 e. The molecule has 1 aromatic rings. The predicted octanol–water partition coefficient (Wildman–Crippen LogP) is 4.73. The van der Waals surface area contributed by atoms with Crippen molar-refractivity contribution < 1.29 is 9.84 Å². The molecule has 0 spiro atoms. The van der Waals surface area contributed by atoms with Crippen LogP contribution < -0.4 is 4.74 Å². The van der Waals surface area contributed by atoms with Gasteiger partial charge in [-0.1, -0.05) is 58.2 Å². The molecule has 1 rings (SSSR count). The monoisotopic (exact) mass is 264 g/mol. The maximum atomic E-state index is 10.6. The van der Waals surface area contributed by atoms with Gasteiger partial charge in [0.05, 0.1) is 12.7 Å². The van der Waals surface area contributed by atoms with E-state index in [0.29, 0.717) is 12.5 Å². The molecule has 0 heterocycles. The van der Waals surface area contributed by atoms with Gasteiger partial charge in [-0.15, -0.1) is 0 Å². The minimum absolute atomic E-state index is 0.325. The van der Waals surface area contributed by atoms with Gasteiger partial charge < -0.3 is 9.84 Å². The van der Waals surface area contributed by atoms with Crippen molar-refractivity contribution in [3.8, 4) is 5.75 Å². The summed E-state index contributed by atoms with van der Waals surface area (Å²) in [7, 11) is 0. The molecule has 2 unspecified atom stereocenters. The van der Waals surface area contributed by atoms with Crippen molar-refractivity contribution in [2.45, 2.75) is 59.0 Å². The number of aliphatic hydroxyl groups is 1. The van der Waals surface area contributed by atoms with E-state index in [4.69, 9.17) is 4.74 Å². The first kappa shape index (κ1) is 16.0. The zero-order valence-corrected chi connectivity index (χ0v) is 12.6. The highest BCUT2D eigenvalue weighted by molar-refractivity contribution is 5.35. The first-order valence-corrected chi connectivity index (χ1v) is 7.64. The van der Waals surface area contributed by atoms with E-state index in [1.54, 1.807) is 0 Å². The van der Waals surface area contributed by atoms with Crippen LogP contribution >= 0.6 is 0 Å². The number of hydrogen-bond donors (Lipinski definition) is 1. The molecule has 0 saturated carbocycles. The van der Waals surface area contributed by atoms with Gasteiger partial charge in [0.1, 0.15) is 5.75 Å². The lowest BCUT2D eigenvalue weighted by Crippen LogP contribution is -2.13. The molecule has 0 saturated heterocycles. The van der Waals surface area contributed by atoms with Gasteiger partial charge in [0.25, 0.3) is 0 Å². The quantitative estimate of drug-likeness (QED) is 0.699. The molecular weight excluding hydrogens is 236 g/mol. The standard InChI is InChI=1S/C17H28O2/c1-4-7-10-14(6-3)17(18)15-11-8-9-12-16(15)19-13-5-2/h8-9,11-12,14,17-18H,4-7,10,13H2,1-3H3. The number of hydrogen-bond acceptors (Lipinski definition) is 2. The van der Waals surface area contributed by atoms with Crippen LogP contribution in [-0.4, -0.2) is 11.7 Å². The van der Waals surface area contributed by atoms with E-state index in [0.717, 1.165) is 30.6 Å². The van der Waals surface area contributed by atoms with Gasteiger partial charge in [-0.25, -0.2) is 0 Å². The van der Waals surface area contributed by atoms with E-state index in [-0.39, 0.29) is 0 Å². The molecular formula is C17H28O2. The second-order valence-electron chi connectivity index (χ2n) is 5.14. The highest BCUT2D eigenvalue weighted by atomic mass is 16.5. The summed E-state index contributed by atoms with van der Waals surface area (Å²) < 4.78 is 5.75. The smallest absolute Gasteiger partial charge is 0.125 e. The van der Waals surface area contributed by atoms with Crippen LogP contribution in [0.5, 0.6) is 5.75 Å². The van der Waals surface area contributed by atoms with Crippen LogP contribution in [0, 0.1) is 5.92 Å². The lowest BCUT2D eigenvalue weighted by Gasteiger charge is -2.23. The van der Waals surface area contributed by atoms with Crippen LogP contribution in [0.3, 0.4) is 0 Å². The molecule has 0 aliphatic rings. The second kappa shape index (κ2) is 8.98. The molecule has 2 heteroatoms. The fourth-order valence-electron chi connectivity index (χ4n) is 2.37. The lowest BCUT2D eigenvalue weighted by atomic mass is 9.89. The van der Waals surface area contributed by atoms with Crippen LogP contribution in [0.15, 0.2) is 24.3 Å². The molecule has 1 N–H and O–H groups in total. The maximum absolute atomic E-state index is 10.6. The van der Waals surface area contributed by atoms with Crippen molar-refractivity contribution in [2.75, 3.05) is 6.61 Å². The summed E-state index contributed by atoms with van der Waals surface area (Å²) in [6.45, 7) is 7.14. The summed E-state index contributed by atoms with van der Waals surface area (Å²) in [6, 6.07) is 7.89. The molecule has 0 aliphatic heterocycles. The summed E-state index contributed by atoms with van der Waals surface area (Å²) in [6.07, 6.45) is 5.01. The zero-order valence-electron chi connectivity index (χ0n) is 12.6. The highest BCUT2D eigenvalue weighted by Crippen LogP contribution is 2.34. The van der Waals surface area contributed by atoms with Gasteiger partial charge in [-0.3, -0.25) is 0 Å². The molecule has 0 fully saturated rings. The van der Waals surface area contributed by atoms with E-state index in [1.165, 1.54) is 12.8 Å². The van der Waals surface area contributed by atoms with Crippen LogP contribution in [0.2, 0.25) is 0 Å². The van der Waals surface area contributed by atoms with Gasteiger partial charge in [-0.2, -0.15) is 0 Å². The SMILES string of the molecule is CCCCC(CC)C(O)c1ccccc1OCCC. The Morgan fingerprint density at radius 2 is 1.84 bits per heavy atom. The average molecular weight is 264 g/mol. The fraction of sp³-hybridized carbons (Fsp3) is 0.647. The van der Waals surface area contributed by atoms with Gasteiger partial charge in [0.15, 0.2) is 0 Å². The molecule has 0 aliphatic carbocycles. The Morgan fingerprint density at radius 3 is 2.47 bits per heavy atom. The average Bonchev–Trinajstić information content (AvgIpc) is 2.46. The zero-order chi connectivity index (χ0) is 14.1. The molecule has 0 amide bonds. The Labute approximate surface area is 117 Å². The number of aliphatic hydroxyl groups excluding tert-OH is 1. The molecule has 2 nitrogen and oxygen atoms in total. The molecule has 108 valence electrons. The molecule has 0 aromatic heterocycles. The largest absolute Gasteiger partial charge is 0.493 e. The predicted molar refractivity (Wildman–Crippen MR) is 80.5 cm³/mol. The molecule has 19 heavy (non-hydrogen) atoms. The maximum Gasteiger partial charge on any atom is 0.125 e. The Morgan fingerprint density at radius 1 is 1.11 bits per heavy atom. The number of rotatable bonds is 9. The molecule has 0 bridgehead atoms. The molecule has 1 aromatic carbocycles. The summed E-state index contributed by atoms with van der Waals surface area (Å²) >= 11 is 0. The van der Waals surface area contributed by atoms with Crippen molar-refractivity contribution in [2.24, 2.45) is 5.92 Å². The van der Waals surface area contributed by atoms with Crippen molar-refractivity contribution in [1.29, 1.82) is 0 Å². The van der Waals surface area contributed by atoms with E-state index < -0.39 is 6.10 Å². The first-order chi connectivity index (χ1) is 9.24. The third-order valence-corrected chi connectivity index (χ3v) is 3.60.